The molecule has 1 rings (SSSR count). The fourth-order valence-corrected chi connectivity index (χ4v) is 2.10. The van der Waals surface area contributed by atoms with E-state index in [2.05, 4.69) is 0 Å². The van der Waals surface area contributed by atoms with Gasteiger partial charge in [0.25, 0.3) is 0 Å². The van der Waals surface area contributed by atoms with Gasteiger partial charge in [-0.3, -0.25) is 18.0 Å². The number of nitrogens with zero attached hydrogens (tertiary/aromatic N) is 1. The van der Waals surface area contributed by atoms with Crippen molar-refractivity contribution in [3.63, 3.8) is 0 Å². The molecule has 0 unspecified atom stereocenters. The first-order valence-electron chi connectivity index (χ1n) is 3.73. The third-order valence-electron chi connectivity index (χ3n) is 1.71. The fraction of sp³-hybridized carbons (Fsp3) is 0.125. The monoisotopic (exact) mass is 323 g/mol. The summed E-state index contributed by atoms with van der Waals surface area (Å²) in [6.07, 6.45) is 0.369. The summed E-state index contributed by atoms with van der Waals surface area (Å²) < 4.78 is 15.9. The molecule has 0 spiro atoms. The maximum absolute atomic E-state index is 10.8. The zero-order valence-corrected chi connectivity index (χ0v) is 9.76. The lowest BCUT2D eigenvalue weighted by atomic mass is 10.2. The molecule has 0 heterocycles. The lowest BCUT2D eigenvalue weighted by molar-refractivity contribution is -0.386. The van der Waals surface area contributed by atoms with Crippen LogP contribution in [0.3, 0.4) is 0 Å². The molecule has 15 heavy (non-hydrogen) atoms. The molecule has 0 bridgehead atoms. The second-order valence-corrected chi connectivity index (χ2v) is 4.07. The van der Waals surface area contributed by atoms with E-state index in [9.17, 15) is 18.0 Å². The van der Waals surface area contributed by atoms with Gasteiger partial charge in [-0.15, -0.1) is 0 Å². The van der Waals surface area contributed by atoms with Crippen LogP contribution in [-0.4, -0.2) is 18.3 Å². The Balaban J connectivity index is 3.58. The van der Waals surface area contributed by atoms with Crippen LogP contribution in [0.2, 0.25) is 0 Å². The topological polar surface area (TPSA) is 86.5 Å². The maximum Gasteiger partial charge on any atom is 0.322 e. The third kappa shape index (κ3) is 2.17. The number of methoxy groups -OCH3 is 1. The first-order valence-corrected chi connectivity index (χ1v) is 5.69. The number of carbonyl (C=O) groups excluding carboxylic acids is 1. The van der Waals surface area contributed by atoms with Gasteiger partial charge in [-0.2, -0.15) is 0 Å². The molecule has 0 aliphatic rings. The van der Waals surface area contributed by atoms with Crippen LogP contribution in [0.4, 0.5) is 5.69 Å². The molecule has 0 atom stereocenters. The SMILES string of the molecule is COc1c(I=O)ccc(C=O)c1[N+](=O)[O-]. The van der Waals surface area contributed by atoms with E-state index >= 15 is 0 Å². The van der Waals surface area contributed by atoms with Crippen molar-refractivity contribution in [1.82, 2.24) is 0 Å². The molecule has 0 amide bonds. The highest BCUT2D eigenvalue weighted by molar-refractivity contribution is 14.1. The number of hydrogen-bond donors (Lipinski definition) is 0. The number of rotatable bonds is 4. The molecule has 0 saturated heterocycles. The van der Waals surface area contributed by atoms with Crippen molar-refractivity contribution in [1.29, 1.82) is 0 Å². The Kier molecular flexibility index (Phi) is 3.83. The largest absolute Gasteiger partial charge is 0.489 e. The third-order valence-corrected chi connectivity index (χ3v) is 3.04. The molecular weight excluding hydrogens is 317 g/mol. The molecule has 0 aromatic heterocycles. The van der Waals surface area contributed by atoms with Gasteiger partial charge < -0.3 is 4.74 Å². The van der Waals surface area contributed by atoms with Crippen molar-refractivity contribution >= 4 is 33.2 Å². The average molecular weight is 323 g/mol. The number of benzene rings is 1. The Hall–Kier alpha value is -1.38. The minimum Gasteiger partial charge on any atom is -0.489 e. The van der Waals surface area contributed by atoms with Gasteiger partial charge in [0.05, 0.1) is 21.2 Å². The average Bonchev–Trinajstić information content (AvgIpc) is 2.26. The predicted octanol–water partition coefficient (Wildman–Crippen LogP) is 1.90. The predicted molar refractivity (Wildman–Crippen MR) is 58.4 cm³/mol. The summed E-state index contributed by atoms with van der Waals surface area (Å²) in [5.41, 5.74) is -0.515. The number of halogens is 1. The quantitative estimate of drug-likeness (QED) is 0.366. The van der Waals surface area contributed by atoms with Crippen molar-refractivity contribution in [3.8, 4) is 5.75 Å². The Morgan fingerprint density at radius 1 is 1.53 bits per heavy atom. The highest BCUT2D eigenvalue weighted by Crippen LogP contribution is 2.35. The number of hydrogen-bond acceptors (Lipinski definition) is 5. The summed E-state index contributed by atoms with van der Waals surface area (Å²) in [5.74, 6) is -0.0904. The lowest BCUT2D eigenvalue weighted by Gasteiger charge is -2.04. The molecule has 0 fully saturated rings. The van der Waals surface area contributed by atoms with Crippen LogP contribution < -0.4 is 4.74 Å². The van der Waals surface area contributed by atoms with Crippen LogP contribution in [0.5, 0.6) is 5.75 Å². The number of nitro benzene ring substituents is 1. The molecule has 0 aliphatic heterocycles. The van der Waals surface area contributed by atoms with Crippen LogP contribution in [0.1, 0.15) is 10.4 Å². The Bertz CT molecular complexity index is 431. The number of nitro groups is 1. The number of carbonyl (C=O) groups is 1. The first kappa shape index (κ1) is 11.7. The van der Waals surface area contributed by atoms with E-state index in [1.807, 2.05) is 0 Å². The van der Waals surface area contributed by atoms with Gasteiger partial charge >= 0.3 is 5.69 Å². The zero-order valence-electron chi connectivity index (χ0n) is 7.60. The van der Waals surface area contributed by atoms with Gasteiger partial charge in [0, 0.05) is 0 Å². The summed E-state index contributed by atoms with van der Waals surface area (Å²) >= 11 is -1.57. The minimum atomic E-state index is -1.57. The van der Waals surface area contributed by atoms with Crippen LogP contribution >= 0.6 is 21.2 Å². The second-order valence-electron chi connectivity index (χ2n) is 2.47. The van der Waals surface area contributed by atoms with E-state index in [-0.39, 0.29) is 14.9 Å². The fourth-order valence-electron chi connectivity index (χ4n) is 1.10. The molecule has 80 valence electrons. The molecule has 0 N–H and O–H groups in total. The summed E-state index contributed by atoms with van der Waals surface area (Å²) in [6.45, 7) is 0. The van der Waals surface area contributed by atoms with Gasteiger partial charge in [-0.1, -0.05) is 0 Å². The maximum atomic E-state index is 10.8. The molecule has 7 heteroatoms. The lowest BCUT2D eigenvalue weighted by Crippen LogP contribution is -2.00. The molecule has 6 nitrogen and oxygen atoms in total. The standard InChI is InChI=1S/C8H6INO5/c1-15-8-6(9-12)3-2-5(4-11)7(8)10(13)14/h2-4H,1H3. The summed E-state index contributed by atoms with van der Waals surface area (Å²) in [5, 5.41) is 10.7. The molecular formula is C8H6INO5. The Labute approximate surface area is 95.0 Å². The van der Waals surface area contributed by atoms with Crippen LogP contribution in [-0.2, 0) is 3.07 Å². The second kappa shape index (κ2) is 4.91. The summed E-state index contributed by atoms with van der Waals surface area (Å²) in [4.78, 5) is 20.6. The molecule has 0 aliphatic carbocycles. The molecule has 1 aromatic rings. The van der Waals surface area contributed by atoms with Crippen LogP contribution in [0, 0.1) is 13.7 Å². The van der Waals surface area contributed by atoms with E-state index in [4.69, 9.17) is 4.74 Å². The smallest absolute Gasteiger partial charge is 0.322 e. The summed E-state index contributed by atoms with van der Waals surface area (Å²) in [7, 11) is 1.24. The van der Waals surface area contributed by atoms with E-state index in [1.165, 1.54) is 19.2 Å². The van der Waals surface area contributed by atoms with Gasteiger partial charge in [-0.05, 0) is 12.1 Å². The van der Waals surface area contributed by atoms with Gasteiger partial charge in [-0.25, -0.2) is 0 Å². The van der Waals surface area contributed by atoms with Crippen molar-refractivity contribution in [3.05, 3.63) is 31.4 Å². The normalized spacial score (nSPS) is 9.67. The Morgan fingerprint density at radius 3 is 2.60 bits per heavy atom. The highest BCUT2D eigenvalue weighted by atomic mass is 127. The van der Waals surface area contributed by atoms with Gasteiger partial charge in [0.1, 0.15) is 0 Å². The minimum absolute atomic E-state index is 0.0851. The molecule has 1 aromatic carbocycles. The molecule has 0 radical (unpaired) electrons. The van der Waals surface area contributed by atoms with Crippen molar-refractivity contribution < 1.29 is 17.5 Å². The van der Waals surface area contributed by atoms with E-state index in [1.54, 1.807) is 0 Å². The van der Waals surface area contributed by atoms with Gasteiger partial charge in [0.15, 0.2) is 27.5 Å². The van der Waals surface area contributed by atoms with Crippen molar-refractivity contribution in [2.75, 3.05) is 7.11 Å². The van der Waals surface area contributed by atoms with Crippen LogP contribution in [0.15, 0.2) is 12.1 Å². The Morgan fingerprint density at radius 2 is 2.20 bits per heavy atom. The zero-order chi connectivity index (χ0) is 11.4. The number of ether oxygens (including phenoxy) is 1. The van der Waals surface area contributed by atoms with Crippen molar-refractivity contribution in [2.24, 2.45) is 0 Å². The number of aldehydes is 1. The van der Waals surface area contributed by atoms with E-state index in [0.29, 0.717) is 6.29 Å². The van der Waals surface area contributed by atoms with Gasteiger partial charge in [0.2, 0.25) is 5.75 Å². The highest BCUT2D eigenvalue weighted by Gasteiger charge is 2.24. The molecule has 0 saturated carbocycles. The first-order chi connectivity index (χ1) is 7.15. The van der Waals surface area contributed by atoms with Crippen molar-refractivity contribution in [2.45, 2.75) is 0 Å². The van der Waals surface area contributed by atoms with E-state index < -0.39 is 31.8 Å². The van der Waals surface area contributed by atoms with E-state index in [0.717, 1.165) is 0 Å². The van der Waals surface area contributed by atoms with Crippen LogP contribution in [0.25, 0.3) is 0 Å². The summed E-state index contributed by atoms with van der Waals surface area (Å²) in [6, 6.07) is 2.66.